The van der Waals surface area contributed by atoms with Gasteiger partial charge in [0.05, 0.1) is 28.3 Å². The number of rotatable bonds is 5. The van der Waals surface area contributed by atoms with E-state index < -0.39 is 24.5 Å². The summed E-state index contributed by atoms with van der Waals surface area (Å²) >= 11 is 13.0. The lowest BCUT2D eigenvalue weighted by atomic mass is 10.1. The highest BCUT2D eigenvalue weighted by Crippen LogP contribution is 2.33. The fourth-order valence-corrected chi connectivity index (χ4v) is 3.54. The van der Waals surface area contributed by atoms with Crippen molar-refractivity contribution in [2.45, 2.75) is 13.8 Å². The molecule has 138 valence electrons. The van der Waals surface area contributed by atoms with Crippen molar-refractivity contribution in [3.05, 3.63) is 49.8 Å². The summed E-state index contributed by atoms with van der Waals surface area (Å²) in [5.74, 6) is -1.92. The van der Waals surface area contributed by atoms with Gasteiger partial charge in [0, 0.05) is 4.88 Å². The zero-order chi connectivity index (χ0) is 19.4. The Morgan fingerprint density at radius 1 is 1.15 bits per heavy atom. The second-order valence-electron chi connectivity index (χ2n) is 5.20. The third-order valence-corrected chi connectivity index (χ3v) is 5.48. The molecule has 0 saturated carbocycles. The summed E-state index contributed by atoms with van der Waals surface area (Å²) in [5, 5.41) is 3.16. The number of halogens is 2. The Kier molecular flexibility index (Phi) is 6.63. The molecule has 0 aliphatic heterocycles. The molecule has 0 saturated heterocycles. The number of hydrogen-bond donors (Lipinski definition) is 1. The molecule has 1 heterocycles. The van der Waals surface area contributed by atoms with Gasteiger partial charge < -0.3 is 14.8 Å². The molecule has 0 bridgehead atoms. The number of carbonyl (C=O) groups excluding carboxylic acids is 3. The van der Waals surface area contributed by atoms with Gasteiger partial charge in [0.25, 0.3) is 5.91 Å². The summed E-state index contributed by atoms with van der Waals surface area (Å²) in [4.78, 5) is 36.9. The zero-order valence-electron chi connectivity index (χ0n) is 14.1. The van der Waals surface area contributed by atoms with Crippen LogP contribution in [0.2, 0.25) is 10.0 Å². The lowest BCUT2D eigenvalue weighted by Crippen LogP contribution is -2.21. The average Bonchev–Trinajstić information content (AvgIpc) is 2.88. The van der Waals surface area contributed by atoms with E-state index in [2.05, 4.69) is 5.32 Å². The molecule has 6 nitrogen and oxygen atoms in total. The number of nitrogens with one attached hydrogen (secondary N) is 1. The number of carbonyl (C=O) groups is 3. The van der Waals surface area contributed by atoms with E-state index in [0.29, 0.717) is 5.00 Å². The van der Waals surface area contributed by atoms with Crippen molar-refractivity contribution in [2.75, 3.05) is 19.0 Å². The van der Waals surface area contributed by atoms with Crippen LogP contribution in [-0.4, -0.2) is 31.6 Å². The number of aryl methyl sites for hydroxylation is 1. The van der Waals surface area contributed by atoms with Crippen LogP contribution in [0.25, 0.3) is 0 Å². The first-order valence-electron chi connectivity index (χ1n) is 7.35. The zero-order valence-corrected chi connectivity index (χ0v) is 16.5. The molecule has 0 atom stereocenters. The van der Waals surface area contributed by atoms with E-state index in [1.54, 1.807) is 13.0 Å². The molecule has 1 amide bonds. The molecule has 0 spiro atoms. The van der Waals surface area contributed by atoms with Gasteiger partial charge in [0.1, 0.15) is 5.00 Å². The van der Waals surface area contributed by atoms with Crippen LogP contribution in [0.5, 0.6) is 0 Å². The average molecular weight is 416 g/mol. The van der Waals surface area contributed by atoms with Gasteiger partial charge in [0.2, 0.25) is 0 Å². The molecule has 0 unspecified atom stereocenters. The minimum absolute atomic E-state index is 0.0528. The van der Waals surface area contributed by atoms with Crippen molar-refractivity contribution in [3.8, 4) is 0 Å². The Labute approximate surface area is 164 Å². The monoisotopic (exact) mass is 415 g/mol. The summed E-state index contributed by atoms with van der Waals surface area (Å²) in [7, 11) is 1.26. The maximum absolute atomic E-state index is 12.1. The predicted molar refractivity (Wildman–Crippen MR) is 101 cm³/mol. The van der Waals surface area contributed by atoms with E-state index in [1.165, 1.54) is 30.6 Å². The molecule has 1 aromatic carbocycles. The van der Waals surface area contributed by atoms with Gasteiger partial charge in [-0.15, -0.1) is 11.3 Å². The lowest BCUT2D eigenvalue weighted by molar-refractivity contribution is -0.119. The van der Waals surface area contributed by atoms with Crippen molar-refractivity contribution < 1.29 is 23.9 Å². The Hall–Kier alpha value is -2.09. The Morgan fingerprint density at radius 3 is 2.50 bits per heavy atom. The largest absolute Gasteiger partial charge is 0.465 e. The number of thiophene rings is 1. The fourth-order valence-electron chi connectivity index (χ4n) is 2.10. The minimum atomic E-state index is -0.778. The van der Waals surface area contributed by atoms with Crippen LogP contribution in [0.4, 0.5) is 5.00 Å². The van der Waals surface area contributed by atoms with Crippen LogP contribution in [0, 0.1) is 13.8 Å². The van der Waals surface area contributed by atoms with Gasteiger partial charge in [-0.2, -0.15) is 0 Å². The number of esters is 2. The quantitative estimate of drug-likeness (QED) is 0.737. The predicted octanol–water partition coefficient (Wildman–Crippen LogP) is 4.25. The molecule has 1 N–H and O–H groups in total. The third-order valence-electron chi connectivity index (χ3n) is 3.53. The highest BCUT2D eigenvalue weighted by atomic mass is 35.5. The standard InChI is InChI=1S/C17H15Cl2NO5S/c1-8-9(2)26-15(13(8)17(23)24-3)20-12(21)7-25-16(22)10-5-4-6-11(18)14(10)19/h4-6H,7H2,1-3H3,(H,20,21). The number of benzene rings is 1. The van der Waals surface area contributed by atoms with E-state index in [1.807, 2.05) is 6.92 Å². The van der Waals surface area contributed by atoms with Crippen LogP contribution in [0.3, 0.4) is 0 Å². The molecular weight excluding hydrogens is 401 g/mol. The number of ether oxygens (including phenoxy) is 2. The number of amides is 1. The van der Waals surface area contributed by atoms with E-state index in [4.69, 9.17) is 32.7 Å². The van der Waals surface area contributed by atoms with Gasteiger partial charge >= 0.3 is 11.9 Å². The van der Waals surface area contributed by atoms with Crippen molar-refractivity contribution >= 4 is 57.4 Å². The van der Waals surface area contributed by atoms with Crippen molar-refractivity contribution in [1.29, 1.82) is 0 Å². The lowest BCUT2D eigenvalue weighted by Gasteiger charge is -2.08. The maximum Gasteiger partial charge on any atom is 0.341 e. The van der Waals surface area contributed by atoms with Crippen LogP contribution in [0.1, 0.15) is 31.2 Å². The molecule has 26 heavy (non-hydrogen) atoms. The van der Waals surface area contributed by atoms with Gasteiger partial charge in [-0.25, -0.2) is 9.59 Å². The molecule has 9 heteroatoms. The van der Waals surface area contributed by atoms with E-state index >= 15 is 0 Å². The summed E-state index contributed by atoms with van der Waals surface area (Å²) in [6.45, 7) is 3.04. The first kappa shape index (κ1) is 20.2. The van der Waals surface area contributed by atoms with Crippen LogP contribution < -0.4 is 5.32 Å². The topological polar surface area (TPSA) is 81.7 Å². The highest BCUT2D eigenvalue weighted by Gasteiger charge is 2.22. The Bertz CT molecular complexity index is 878. The molecule has 0 fully saturated rings. The van der Waals surface area contributed by atoms with Gasteiger partial charge in [-0.1, -0.05) is 29.3 Å². The van der Waals surface area contributed by atoms with Gasteiger partial charge in [0.15, 0.2) is 6.61 Å². The molecular formula is C17H15Cl2NO5S. The van der Waals surface area contributed by atoms with E-state index in [0.717, 1.165) is 10.4 Å². The second-order valence-corrected chi connectivity index (χ2v) is 7.21. The normalized spacial score (nSPS) is 10.3. The first-order chi connectivity index (χ1) is 12.3. The van der Waals surface area contributed by atoms with Crippen LogP contribution in [-0.2, 0) is 14.3 Å². The fraction of sp³-hybridized carbons (Fsp3) is 0.235. The molecule has 1 aromatic heterocycles. The third kappa shape index (κ3) is 4.35. The van der Waals surface area contributed by atoms with Crippen molar-refractivity contribution in [2.24, 2.45) is 0 Å². The molecule has 0 radical (unpaired) electrons. The smallest absolute Gasteiger partial charge is 0.341 e. The molecule has 0 aliphatic carbocycles. The van der Waals surface area contributed by atoms with Gasteiger partial charge in [-0.05, 0) is 31.5 Å². The van der Waals surface area contributed by atoms with Crippen LogP contribution >= 0.6 is 34.5 Å². The molecule has 0 aliphatic rings. The second kappa shape index (κ2) is 8.53. The Balaban J connectivity index is 2.06. The summed E-state index contributed by atoms with van der Waals surface area (Å²) < 4.78 is 9.69. The van der Waals surface area contributed by atoms with Crippen molar-refractivity contribution in [3.63, 3.8) is 0 Å². The van der Waals surface area contributed by atoms with Crippen molar-refractivity contribution in [1.82, 2.24) is 0 Å². The number of anilines is 1. The number of hydrogen-bond acceptors (Lipinski definition) is 6. The maximum atomic E-state index is 12.1. The van der Waals surface area contributed by atoms with E-state index in [-0.39, 0.29) is 21.2 Å². The summed E-state index contributed by atoms with van der Waals surface area (Å²) in [5.41, 5.74) is 1.07. The van der Waals surface area contributed by atoms with E-state index in [9.17, 15) is 14.4 Å². The molecule has 2 aromatic rings. The minimum Gasteiger partial charge on any atom is -0.465 e. The molecule has 2 rings (SSSR count). The van der Waals surface area contributed by atoms with Gasteiger partial charge in [-0.3, -0.25) is 4.79 Å². The Morgan fingerprint density at radius 2 is 1.85 bits per heavy atom. The highest BCUT2D eigenvalue weighted by molar-refractivity contribution is 7.16. The SMILES string of the molecule is COC(=O)c1c(NC(=O)COC(=O)c2cccc(Cl)c2Cl)sc(C)c1C. The summed E-state index contributed by atoms with van der Waals surface area (Å²) in [6.07, 6.45) is 0. The van der Waals surface area contributed by atoms with Crippen LogP contribution in [0.15, 0.2) is 18.2 Å². The number of methoxy groups -OCH3 is 1. The first-order valence-corrected chi connectivity index (χ1v) is 8.92. The summed E-state index contributed by atoms with van der Waals surface area (Å²) in [6, 6.07) is 4.52.